The van der Waals surface area contributed by atoms with E-state index < -0.39 is 0 Å². The Morgan fingerprint density at radius 1 is 1.44 bits per heavy atom. The second-order valence-electron chi connectivity index (χ2n) is 5.51. The number of rotatable bonds is 6. The molecule has 0 aromatic carbocycles. The molecule has 1 aliphatic carbocycles. The third kappa shape index (κ3) is 3.56. The molecule has 0 saturated heterocycles. The van der Waals surface area contributed by atoms with Gasteiger partial charge in [-0.2, -0.15) is 4.80 Å². The second-order valence-corrected chi connectivity index (χ2v) is 5.51. The normalized spacial score (nSPS) is 16.7. The Morgan fingerprint density at radius 2 is 2.19 bits per heavy atom. The lowest BCUT2D eigenvalue weighted by molar-refractivity contribution is 0.318. The van der Waals surface area contributed by atoms with Gasteiger partial charge in [0.05, 0.1) is 7.05 Å². The lowest BCUT2D eigenvalue weighted by Gasteiger charge is -2.22. The molecule has 1 aromatic heterocycles. The van der Waals surface area contributed by atoms with Gasteiger partial charge in [-0.1, -0.05) is 13.8 Å². The topological polar surface area (TPSA) is 55.6 Å². The first-order valence-corrected chi connectivity index (χ1v) is 6.01. The zero-order valence-electron chi connectivity index (χ0n) is 10.4. The minimum atomic E-state index is 0.241. The summed E-state index contributed by atoms with van der Waals surface area (Å²) in [5, 5.41) is 15.7. The summed E-state index contributed by atoms with van der Waals surface area (Å²) < 4.78 is 0. The van der Waals surface area contributed by atoms with E-state index >= 15 is 0 Å². The molecule has 1 saturated carbocycles. The predicted molar refractivity (Wildman–Crippen MR) is 61.9 cm³/mol. The standard InChI is InChI=1S/C11H21N5/c1-11(2,6-7-12-9-4-5-9)8-10-13-15-16(3)14-10/h9,12H,4-8H2,1-3H3. The van der Waals surface area contributed by atoms with Crippen molar-refractivity contribution in [3.63, 3.8) is 0 Å². The average molecular weight is 223 g/mol. The van der Waals surface area contributed by atoms with Crippen LogP contribution in [0.25, 0.3) is 0 Å². The van der Waals surface area contributed by atoms with Crippen LogP contribution in [0.2, 0.25) is 0 Å². The molecule has 2 rings (SSSR count). The quantitative estimate of drug-likeness (QED) is 0.779. The Bertz CT molecular complexity index is 340. The summed E-state index contributed by atoms with van der Waals surface area (Å²) in [5.74, 6) is 0.846. The van der Waals surface area contributed by atoms with Gasteiger partial charge in [0.15, 0.2) is 5.82 Å². The molecule has 1 aliphatic rings. The molecule has 0 atom stereocenters. The van der Waals surface area contributed by atoms with E-state index in [4.69, 9.17) is 0 Å². The van der Waals surface area contributed by atoms with Crippen LogP contribution in [0.5, 0.6) is 0 Å². The Balaban J connectivity index is 1.76. The Morgan fingerprint density at radius 3 is 2.75 bits per heavy atom. The number of hydrogen-bond donors (Lipinski definition) is 1. The van der Waals surface area contributed by atoms with E-state index in [1.165, 1.54) is 17.6 Å². The summed E-state index contributed by atoms with van der Waals surface area (Å²) in [6, 6.07) is 0.797. The van der Waals surface area contributed by atoms with E-state index in [9.17, 15) is 0 Å². The van der Waals surface area contributed by atoms with Crippen LogP contribution < -0.4 is 5.32 Å². The third-order valence-corrected chi connectivity index (χ3v) is 3.00. The molecule has 5 nitrogen and oxygen atoms in total. The third-order valence-electron chi connectivity index (χ3n) is 3.00. The van der Waals surface area contributed by atoms with Gasteiger partial charge in [-0.25, -0.2) is 0 Å². The fourth-order valence-corrected chi connectivity index (χ4v) is 1.81. The second kappa shape index (κ2) is 4.49. The van der Waals surface area contributed by atoms with Crippen molar-refractivity contribution in [1.82, 2.24) is 25.5 Å². The summed E-state index contributed by atoms with van der Waals surface area (Å²) >= 11 is 0. The van der Waals surface area contributed by atoms with E-state index in [-0.39, 0.29) is 5.41 Å². The number of nitrogens with one attached hydrogen (secondary N) is 1. The molecule has 0 radical (unpaired) electrons. The van der Waals surface area contributed by atoms with Crippen LogP contribution in [0.15, 0.2) is 0 Å². The number of tetrazole rings is 1. The van der Waals surface area contributed by atoms with Crippen molar-refractivity contribution in [1.29, 1.82) is 0 Å². The smallest absolute Gasteiger partial charge is 0.175 e. The fourth-order valence-electron chi connectivity index (χ4n) is 1.81. The van der Waals surface area contributed by atoms with Gasteiger partial charge in [-0.15, -0.1) is 10.2 Å². The molecule has 0 spiro atoms. The SMILES string of the molecule is Cn1nnc(CC(C)(C)CCNC2CC2)n1. The van der Waals surface area contributed by atoms with Crippen molar-refractivity contribution in [3.05, 3.63) is 5.82 Å². The molecule has 90 valence electrons. The van der Waals surface area contributed by atoms with E-state index in [1.807, 2.05) is 0 Å². The number of hydrogen-bond acceptors (Lipinski definition) is 4. The molecule has 0 bridgehead atoms. The van der Waals surface area contributed by atoms with Gasteiger partial charge in [0, 0.05) is 12.5 Å². The molecular weight excluding hydrogens is 202 g/mol. The molecule has 0 aliphatic heterocycles. The highest BCUT2D eigenvalue weighted by molar-refractivity contribution is 4.87. The fraction of sp³-hybridized carbons (Fsp3) is 0.909. The molecule has 16 heavy (non-hydrogen) atoms. The van der Waals surface area contributed by atoms with Gasteiger partial charge in [-0.3, -0.25) is 0 Å². The highest BCUT2D eigenvalue weighted by atomic mass is 15.6. The van der Waals surface area contributed by atoms with Gasteiger partial charge in [0.25, 0.3) is 0 Å². The largest absolute Gasteiger partial charge is 0.314 e. The van der Waals surface area contributed by atoms with Crippen LogP contribution in [0, 0.1) is 5.41 Å². The highest BCUT2D eigenvalue weighted by Gasteiger charge is 2.24. The summed E-state index contributed by atoms with van der Waals surface area (Å²) in [7, 11) is 1.80. The van der Waals surface area contributed by atoms with Crippen molar-refractivity contribution >= 4 is 0 Å². The van der Waals surface area contributed by atoms with E-state index in [0.29, 0.717) is 0 Å². The monoisotopic (exact) mass is 223 g/mol. The molecule has 1 aromatic rings. The van der Waals surface area contributed by atoms with E-state index in [1.54, 1.807) is 7.05 Å². The Kier molecular flexibility index (Phi) is 3.23. The first-order chi connectivity index (χ1) is 7.55. The van der Waals surface area contributed by atoms with Crippen molar-refractivity contribution < 1.29 is 0 Å². The van der Waals surface area contributed by atoms with Crippen LogP contribution >= 0.6 is 0 Å². The number of aryl methyl sites for hydroxylation is 1. The molecule has 1 heterocycles. The van der Waals surface area contributed by atoms with Crippen molar-refractivity contribution in [2.24, 2.45) is 12.5 Å². The predicted octanol–water partition coefficient (Wildman–Crippen LogP) is 0.921. The molecule has 1 fully saturated rings. The maximum atomic E-state index is 4.23. The molecule has 0 amide bonds. The maximum absolute atomic E-state index is 4.23. The van der Waals surface area contributed by atoms with E-state index in [0.717, 1.165) is 31.3 Å². The van der Waals surface area contributed by atoms with Gasteiger partial charge in [0.1, 0.15) is 0 Å². The first kappa shape index (κ1) is 11.5. The van der Waals surface area contributed by atoms with Crippen LogP contribution in [0.4, 0.5) is 0 Å². The maximum Gasteiger partial charge on any atom is 0.175 e. The van der Waals surface area contributed by atoms with Gasteiger partial charge in [0.2, 0.25) is 0 Å². The zero-order valence-corrected chi connectivity index (χ0v) is 10.4. The minimum Gasteiger partial charge on any atom is -0.314 e. The van der Waals surface area contributed by atoms with Crippen molar-refractivity contribution in [2.75, 3.05) is 6.54 Å². The molecule has 1 N–H and O–H groups in total. The van der Waals surface area contributed by atoms with Gasteiger partial charge in [-0.05, 0) is 36.4 Å². The number of aromatic nitrogens is 4. The number of nitrogens with zero attached hydrogens (tertiary/aromatic N) is 4. The van der Waals surface area contributed by atoms with Crippen LogP contribution in [0.1, 0.15) is 38.9 Å². The molecular formula is C11H21N5. The summed E-state index contributed by atoms with van der Waals surface area (Å²) in [6.07, 6.45) is 4.76. The van der Waals surface area contributed by atoms with Gasteiger partial charge >= 0.3 is 0 Å². The van der Waals surface area contributed by atoms with Crippen LogP contribution in [-0.4, -0.2) is 32.8 Å². The highest BCUT2D eigenvalue weighted by Crippen LogP contribution is 2.25. The first-order valence-electron chi connectivity index (χ1n) is 6.01. The summed E-state index contributed by atoms with van der Waals surface area (Å²) in [6.45, 7) is 5.62. The van der Waals surface area contributed by atoms with Crippen LogP contribution in [-0.2, 0) is 13.5 Å². The van der Waals surface area contributed by atoms with Crippen LogP contribution in [0.3, 0.4) is 0 Å². The van der Waals surface area contributed by atoms with Crippen molar-refractivity contribution in [2.45, 2.75) is 45.6 Å². The summed E-state index contributed by atoms with van der Waals surface area (Å²) in [5.41, 5.74) is 0.241. The lowest BCUT2D eigenvalue weighted by Crippen LogP contribution is -2.25. The van der Waals surface area contributed by atoms with Crippen molar-refractivity contribution in [3.8, 4) is 0 Å². The zero-order chi connectivity index (χ0) is 11.6. The Labute approximate surface area is 96.6 Å². The lowest BCUT2D eigenvalue weighted by atomic mass is 9.85. The molecule has 5 heteroatoms. The average Bonchev–Trinajstić information content (AvgIpc) is 2.90. The molecule has 0 unspecified atom stereocenters. The Hall–Kier alpha value is -0.970. The van der Waals surface area contributed by atoms with E-state index in [2.05, 4.69) is 34.6 Å². The minimum absolute atomic E-state index is 0.241. The van der Waals surface area contributed by atoms with Gasteiger partial charge < -0.3 is 5.32 Å². The summed E-state index contributed by atoms with van der Waals surface area (Å²) in [4.78, 5) is 1.52.